The zero-order chi connectivity index (χ0) is 10.2. The Morgan fingerprint density at radius 1 is 1.50 bits per heavy atom. The summed E-state index contributed by atoms with van der Waals surface area (Å²) in [5.41, 5.74) is 0. The van der Waals surface area contributed by atoms with Crippen molar-refractivity contribution in [1.29, 1.82) is 5.26 Å². The molecule has 1 rings (SSSR count). The Morgan fingerprint density at radius 2 is 2.36 bits per heavy atom. The van der Waals surface area contributed by atoms with Gasteiger partial charge in [-0.2, -0.15) is 5.26 Å². The molecule has 0 unspecified atom stereocenters. The molecule has 0 N–H and O–H groups in total. The molecule has 0 radical (unpaired) electrons. The van der Waals surface area contributed by atoms with Crippen molar-refractivity contribution in [1.82, 2.24) is 4.90 Å². The van der Waals surface area contributed by atoms with Gasteiger partial charge in [0.05, 0.1) is 6.07 Å². The molecule has 0 bridgehead atoms. The molecule has 1 aromatic rings. The molecule has 1 aromatic heterocycles. The zero-order valence-corrected chi connectivity index (χ0v) is 9.39. The summed E-state index contributed by atoms with van der Waals surface area (Å²) < 4.78 is 0. The fourth-order valence-corrected chi connectivity index (χ4v) is 2.06. The summed E-state index contributed by atoms with van der Waals surface area (Å²) in [5, 5.41) is 10.6. The minimum atomic E-state index is 0.637. The number of thiophene rings is 1. The molecular formula is C11H16N2S. The van der Waals surface area contributed by atoms with Gasteiger partial charge in [0, 0.05) is 24.4 Å². The third kappa shape index (κ3) is 3.91. The van der Waals surface area contributed by atoms with E-state index >= 15 is 0 Å². The second kappa shape index (κ2) is 6.58. The van der Waals surface area contributed by atoms with Gasteiger partial charge in [-0.15, -0.1) is 11.3 Å². The van der Waals surface area contributed by atoms with Crippen molar-refractivity contribution in [2.75, 3.05) is 19.6 Å². The predicted octanol–water partition coefficient (Wildman–Crippen LogP) is 2.53. The van der Waals surface area contributed by atoms with E-state index in [1.165, 1.54) is 4.88 Å². The summed E-state index contributed by atoms with van der Waals surface area (Å²) in [6.45, 7) is 5.15. The SMILES string of the molecule is CCN(CCC#N)CCc1cccs1. The van der Waals surface area contributed by atoms with Crippen LogP contribution in [-0.2, 0) is 6.42 Å². The molecule has 0 saturated carbocycles. The highest BCUT2D eigenvalue weighted by atomic mass is 32.1. The largest absolute Gasteiger partial charge is 0.302 e. The van der Waals surface area contributed by atoms with Crippen molar-refractivity contribution >= 4 is 11.3 Å². The lowest BCUT2D eigenvalue weighted by Crippen LogP contribution is -2.26. The zero-order valence-electron chi connectivity index (χ0n) is 8.57. The molecule has 0 aliphatic heterocycles. The van der Waals surface area contributed by atoms with E-state index in [9.17, 15) is 0 Å². The Kier molecular flexibility index (Phi) is 5.28. The quantitative estimate of drug-likeness (QED) is 0.718. The molecule has 1 heterocycles. The number of nitrogens with zero attached hydrogens (tertiary/aromatic N) is 2. The van der Waals surface area contributed by atoms with Crippen LogP contribution >= 0.6 is 11.3 Å². The minimum absolute atomic E-state index is 0.637. The molecule has 14 heavy (non-hydrogen) atoms. The van der Waals surface area contributed by atoms with Gasteiger partial charge >= 0.3 is 0 Å². The Balaban J connectivity index is 2.24. The highest BCUT2D eigenvalue weighted by Gasteiger charge is 2.02. The Bertz CT molecular complexity index is 274. The van der Waals surface area contributed by atoms with Gasteiger partial charge in [0.2, 0.25) is 0 Å². The molecule has 0 aliphatic carbocycles. The van der Waals surface area contributed by atoms with Crippen LogP contribution in [0.5, 0.6) is 0 Å². The molecule has 0 atom stereocenters. The van der Waals surface area contributed by atoms with Gasteiger partial charge in [0.1, 0.15) is 0 Å². The second-order valence-electron chi connectivity index (χ2n) is 3.17. The van der Waals surface area contributed by atoms with E-state index in [1.54, 1.807) is 0 Å². The molecule has 0 spiro atoms. The first-order valence-corrected chi connectivity index (χ1v) is 5.86. The maximum Gasteiger partial charge on any atom is 0.0635 e. The third-order valence-electron chi connectivity index (χ3n) is 2.24. The van der Waals surface area contributed by atoms with Crippen molar-refractivity contribution < 1.29 is 0 Å². The molecule has 0 saturated heterocycles. The average Bonchev–Trinajstić information content (AvgIpc) is 2.71. The van der Waals surface area contributed by atoms with Crippen LogP contribution in [0.25, 0.3) is 0 Å². The van der Waals surface area contributed by atoms with Crippen LogP contribution in [0, 0.1) is 11.3 Å². The van der Waals surface area contributed by atoms with Crippen LogP contribution in [-0.4, -0.2) is 24.5 Å². The third-order valence-corrected chi connectivity index (χ3v) is 3.18. The normalized spacial score (nSPS) is 10.4. The summed E-state index contributed by atoms with van der Waals surface area (Å²) >= 11 is 1.81. The van der Waals surface area contributed by atoms with Crippen LogP contribution in [0.1, 0.15) is 18.2 Å². The van der Waals surface area contributed by atoms with E-state index in [4.69, 9.17) is 5.26 Å². The van der Waals surface area contributed by atoms with E-state index in [0.717, 1.165) is 26.1 Å². The van der Waals surface area contributed by atoms with Gasteiger partial charge in [0.15, 0.2) is 0 Å². The van der Waals surface area contributed by atoms with E-state index in [1.807, 2.05) is 11.3 Å². The van der Waals surface area contributed by atoms with E-state index in [0.29, 0.717) is 6.42 Å². The highest BCUT2D eigenvalue weighted by Crippen LogP contribution is 2.09. The number of hydrogen-bond acceptors (Lipinski definition) is 3. The molecule has 76 valence electrons. The minimum Gasteiger partial charge on any atom is -0.302 e. The summed E-state index contributed by atoms with van der Waals surface area (Å²) in [4.78, 5) is 3.75. The van der Waals surface area contributed by atoms with Crippen LogP contribution < -0.4 is 0 Å². The number of rotatable bonds is 6. The Morgan fingerprint density at radius 3 is 2.93 bits per heavy atom. The summed E-state index contributed by atoms with van der Waals surface area (Å²) in [6, 6.07) is 6.44. The van der Waals surface area contributed by atoms with Gasteiger partial charge in [0.25, 0.3) is 0 Å². The number of likely N-dealkylation sites (N-methyl/N-ethyl adjacent to an activating group) is 1. The van der Waals surface area contributed by atoms with Gasteiger partial charge in [-0.25, -0.2) is 0 Å². The summed E-state index contributed by atoms with van der Waals surface area (Å²) in [6.07, 6.45) is 1.75. The lowest BCUT2D eigenvalue weighted by Gasteiger charge is -2.17. The molecular weight excluding hydrogens is 192 g/mol. The lowest BCUT2D eigenvalue weighted by atomic mass is 10.3. The first kappa shape index (κ1) is 11.2. The van der Waals surface area contributed by atoms with Crippen molar-refractivity contribution in [3.63, 3.8) is 0 Å². The van der Waals surface area contributed by atoms with Gasteiger partial charge in [-0.05, 0) is 24.4 Å². The first-order chi connectivity index (χ1) is 6.86. The van der Waals surface area contributed by atoms with Crippen LogP contribution in [0.2, 0.25) is 0 Å². The van der Waals surface area contributed by atoms with Gasteiger partial charge < -0.3 is 4.90 Å². The predicted molar refractivity (Wildman–Crippen MR) is 60.4 cm³/mol. The second-order valence-corrected chi connectivity index (χ2v) is 4.20. The fourth-order valence-electron chi connectivity index (χ4n) is 1.36. The van der Waals surface area contributed by atoms with Crippen molar-refractivity contribution in [3.05, 3.63) is 22.4 Å². The monoisotopic (exact) mass is 208 g/mol. The topological polar surface area (TPSA) is 27.0 Å². The molecule has 2 nitrogen and oxygen atoms in total. The van der Waals surface area contributed by atoms with E-state index in [2.05, 4.69) is 35.4 Å². The fraction of sp³-hybridized carbons (Fsp3) is 0.545. The smallest absolute Gasteiger partial charge is 0.0635 e. The molecule has 0 aromatic carbocycles. The van der Waals surface area contributed by atoms with Crippen LogP contribution in [0.15, 0.2) is 17.5 Å². The first-order valence-electron chi connectivity index (χ1n) is 4.98. The van der Waals surface area contributed by atoms with E-state index in [-0.39, 0.29) is 0 Å². The summed E-state index contributed by atoms with van der Waals surface area (Å²) in [7, 11) is 0. The van der Waals surface area contributed by atoms with Gasteiger partial charge in [-0.3, -0.25) is 0 Å². The van der Waals surface area contributed by atoms with Crippen LogP contribution in [0.3, 0.4) is 0 Å². The van der Waals surface area contributed by atoms with E-state index < -0.39 is 0 Å². The molecule has 0 fully saturated rings. The number of hydrogen-bond donors (Lipinski definition) is 0. The summed E-state index contributed by atoms with van der Waals surface area (Å²) in [5.74, 6) is 0. The van der Waals surface area contributed by atoms with Crippen LogP contribution in [0.4, 0.5) is 0 Å². The lowest BCUT2D eigenvalue weighted by molar-refractivity contribution is 0.299. The number of nitriles is 1. The maximum atomic E-state index is 8.49. The molecule has 0 amide bonds. The molecule has 0 aliphatic rings. The van der Waals surface area contributed by atoms with Crippen molar-refractivity contribution in [2.45, 2.75) is 19.8 Å². The Hall–Kier alpha value is -0.850. The molecule has 3 heteroatoms. The maximum absolute atomic E-state index is 8.49. The standard InChI is InChI=1S/C11H16N2S/c1-2-13(8-4-7-12)9-6-11-5-3-10-14-11/h3,5,10H,2,4,6,8-9H2,1H3. The van der Waals surface area contributed by atoms with Gasteiger partial charge in [-0.1, -0.05) is 13.0 Å². The average molecular weight is 208 g/mol. The van der Waals surface area contributed by atoms with Crippen molar-refractivity contribution in [2.24, 2.45) is 0 Å². The highest BCUT2D eigenvalue weighted by molar-refractivity contribution is 7.09. The Labute approximate surface area is 89.8 Å². The van der Waals surface area contributed by atoms with Crippen molar-refractivity contribution in [3.8, 4) is 6.07 Å².